The van der Waals surface area contributed by atoms with E-state index in [-0.39, 0.29) is 12.5 Å². The predicted molar refractivity (Wildman–Crippen MR) is 117 cm³/mol. The van der Waals surface area contributed by atoms with Crippen LogP contribution >= 0.6 is 0 Å². The maximum absolute atomic E-state index is 12.3. The zero-order chi connectivity index (χ0) is 25.3. The molecular weight excluding hydrogens is 467 g/mol. The normalized spacial score (nSPS) is 10.6. The van der Waals surface area contributed by atoms with Crippen LogP contribution in [0, 0.1) is 0 Å². The van der Waals surface area contributed by atoms with Crippen molar-refractivity contribution in [2.45, 2.75) is 12.7 Å². The first-order valence-electron chi connectivity index (χ1n) is 9.95. The van der Waals surface area contributed by atoms with Gasteiger partial charge < -0.3 is 15.2 Å². The number of carbonyl (C=O) groups is 2. The Bertz CT molecular complexity index is 1250. The maximum atomic E-state index is 12.3. The molecule has 0 bridgehead atoms. The van der Waals surface area contributed by atoms with Gasteiger partial charge in [-0.05, 0) is 48.5 Å². The molecule has 12 heteroatoms. The lowest BCUT2D eigenvalue weighted by Gasteiger charge is -2.07. The highest BCUT2D eigenvalue weighted by molar-refractivity contribution is 5.94. The van der Waals surface area contributed by atoms with Gasteiger partial charge in [-0.15, -0.1) is 0 Å². The van der Waals surface area contributed by atoms with Crippen LogP contribution < -0.4 is 10.1 Å². The number of nitrogens with zero attached hydrogens (tertiary/aromatic N) is 3. The molecule has 0 radical (unpaired) electrons. The van der Waals surface area contributed by atoms with Gasteiger partial charge >= 0.3 is 12.1 Å². The monoisotopic (exact) mass is 485 g/mol. The fourth-order valence-electron chi connectivity index (χ4n) is 2.57. The summed E-state index contributed by atoms with van der Waals surface area (Å²) >= 11 is 0. The first kappa shape index (κ1) is 24.9. The van der Waals surface area contributed by atoms with Crippen LogP contribution in [0.4, 0.5) is 13.2 Å². The minimum Gasteiger partial charge on any atom is -0.475 e. The van der Waals surface area contributed by atoms with Crippen LogP contribution in [0.1, 0.15) is 16.2 Å². The van der Waals surface area contributed by atoms with Crippen molar-refractivity contribution in [1.29, 1.82) is 0 Å². The number of carbonyl (C=O) groups excluding carboxylic acids is 1. The molecule has 0 fully saturated rings. The van der Waals surface area contributed by atoms with Gasteiger partial charge in [0.25, 0.3) is 5.91 Å². The van der Waals surface area contributed by atoms with E-state index in [0.29, 0.717) is 23.0 Å². The summed E-state index contributed by atoms with van der Waals surface area (Å²) in [5.74, 6) is -0.408. The summed E-state index contributed by atoms with van der Waals surface area (Å²) in [6.07, 6.45) is -1.73. The molecule has 0 aliphatic carbocycles. The zero-order valence-electron chi connectivity index (χ0n) is 17.9. The van der Waals surface area contributed by atoms with Gasteiger partial charge in [-0.3, -0.25) is 14.9 Å². The number of carboxylic acids is 1. The van der Waals surface area contributed by atoms with E-state index in [1.807, 2.05) is 42.5 Å². The highest BCUT2D eigenvalue weighted by atomic mass is 19.4. The molecule has 2 heterocycles. The lowest BCUT2D eigenvalue weighted by Crippen LogP contribution is -2.23. The Kier molecular flexibility index (Phi) is 8.11. The smallest absolute Gasteiger partial charge is 0.475 e. The topological polar surface area (TPSA) is 130 Å². The molecule has 0 aliphatic rings. The number of rotatable bonds is 6. The fraction of sp³-hybridized carbons (Fsp3) is 0.0870. The molecule has 1 amide bonds. The van der Waals surface area contributed by atoms with Crippen molar-refractivity contribution in [3.8, 4) is 22.9 Å². The number of aromatic amines is 1. The summed E-state index contributed by atoms with van der Waals surface area (Å²) < 4.78 is 37.5. The van der Waals surface area contributed by atoms with E-state index in [4.69, 9.17) is 14.6 Å². The van der Waals surface area contributed by atoms with Crippen molar-refractivity contribution in [3.63, 3.8) is 0 Å². The fourth-order valence-corrected chi connectivity index (χ4v) is 2.57. The number of H-pyrrole nitrogens is 1. The first-order chi connectivity index (χ1) is 16.7. The number of aromatic nitrogens is 4. The van der Waals surface area contributed by atoms with Gasteiger partial charge in [-0.25, -0.2) is 9.78 Å². The number of amides is 1. The van der Waals surface area contributed by atoms with Crippen LogP contribution in [0.5, 0.6) is 11.5 Å². The molecule has 0 aliphatic heterocycles. The Morgan fingerprint density at radius 1 is 0.943 bits per heavy atom. The summed E-state index contributed by atoms with van der Waals surface area (Å²) in [5.41, 5.74) is 1.40. The third kappa shape index (κ3) is 7.67. The molecule has 180 valence electrons. The van der Waals surface area contributed by atoms with E-state index < -0.39 is 12.1 Å². The summed E-state index contributed by atoms with van der Waals surface area (Å²) in [5, 5.41) is 16.9. The van der Waals surface area contributed by atoms with Crippen LogP contribution in [0.2, 0.25) is 0 Å². The lowest BCUT2D eigenvalue weighted by molar-refractivity contribution is -0.192. The van der Waals surface area contributed by atoms with Gasteiger partial charge in [0.2, 0.25) is 0 Å². The second-order valence-electron chi connectivity index (χ2n) is 6.77. The SMILES string of the molecule is O=C(NCc1nc(-c2ccncc2)n[nH]1)c1ccc(Oc2ccccc2)cc1.O=C(O)C(F)(F)F. The third-order valence-electron chi connectivity index (χ3n) is 4.22. The number of alkyl halides is 3. The van der Waals surface area contributed by atoms with Crippen LogP contribution in [-0.4, -0.2) is 43.3 Å². The number of hydrogen-bond donors (Lipinski definition) is 3. The number of benzene rings is 2. The number of nitrogens with one attached hydrogen (secondary N) is 2. The molecule has 35 heavy (non-hydrogen) atoms. The standard InChI is InChI=1S/C21H17N5O2.C2HF3O2/c27-21(16-6-8-18(9-7-16)28-17-4-2-1-3-5-17)23-14-19-24-20(26-25-19)15-10-12-22-13-11-15;3-2(4,5)1(6)7/h1-13H,14H2,(H,23,27)(H,24,25,26);(H,6,7). The molecule has 0 spiro atoms. The van der Waals surface area contributed by atoms with Crippen LogP contribution in [0.25, 0.3) is 11.4 Å². The van der Waals surface area contributed by atoms with Gasteiger partial charge in [0.05, 0.1) is 6.54 Å². The predicted octanol–water partition coefficient (Wildman–Crippen LogP) is 4.22. The Labute approximate surface area is 196 Å². The highest BCUT2D eigenvalue weighted by Crippen LogP contribution is 2.21. The number of pyridine rings is 1. The second kappa shape index (κ2) is 11.4. The van der Waals surface area contributed by atoms with E-state index in [2.05, 4.69) is 25.5 Å². The Morgan fingerprint density at radius 3 is 2.14 bits per heavy atom. The number of para-hydroxylation sites is 1. The minimum absolute atomic E-state index is 0.201. The number of ether oxygens (including phenoxy) is 1. The third-order valence-corrected chi connectivity index (χ3v) is 4.22. The van der Waals surface area contributed by atoms with Crippen molar-refractivity contribution in [1.82, 2.24) is 25.5 Å². The number of hydrogen-bond acceptors (Lipinski definition) is 6. The van der Waals surface area contributed by atoms with Gasteiger partial charge in [-0.1, -0.05) is 18.2 Å². The molecule has 2 aromatic heterocycles. The number of carboxylic acid groups (broad SMARTS) is 1. The molecule has 4 aromatic rings. The Hall–Kier alpha value is -4.74. The van der Waals surface area contributed by atoms with E-state index in [1.165, 1.54) is 0 Å². The van der Waals surface area contributed by atoms with Crippen molar-refractivity contribution in [2.24, 2.45) is 0 Å². The molecule has 2 aromatic carbocycles. The summed E-state index contributed by atoms with van der Waals surface area (Å²) in [7, 11) is 0. The zero-order valence-corrected chi connectivity index (χ0v) is 17.9. The Balaban J connectivity index is 0.000000429. The number of halogens is 3. The first-order valence-corrected chi connectivity index (χ1v) is 9.95. The van der Waals surface area contributed by atoms with Crippen molar-refractivity contribution >= 4 is 11.9 Å². The second-order valence-corrected chi connectivity index (χ2v) is 6.77. The maximum Gasteiger partial charge on any atom is 0.490 e. The average Bonchev–Trinajstić information content (AvgIpc) is 3.33. The van der Waals surface area contributed by atoms with Crippen LogP contribution in [-0.2, 0) is 11.3 Å². The molecular formula is C23H18F3N5O4. The van der Waals surface area contributed by atoms with Crippen LogP contribution in [0.3, 0.4) is 0 Å². The summed E-state index contributed by atoms with van der Waals surface area (Å²) in [4.78, 5) is 29.6. The molecule has 0 saturated heterocycles. The molecule has 9 nitrogen and oxygen atoms in total. The molecule has 0 saturated carbocycles. The van der Waals surface area contributed by atoms with Crippen LogP contribution in [0.15, 0.2) is 79.1 Å². The Morgan fingerprint density at radius 2 is 1.54 bits per heavy atom. The lowest BCUT2D eigenvalue weighted by atomic mass is 10.2. The largest absolute Gasteiger partial charge is 0.490 e. The quantitative estimate of drug-likeness (QED) is 0.373. The average molecular weight is 485 g/mol. The van der Waals surface area contributed by atoms with E-state index in [0.717, 1.165) is 11.3 Å². The van der Waals surface area contributed by atoms with E-state index in [9.17, 15) is 18.0 Å². The van der Waals surface area contributed by atoms with Crippen molar-refractivity contribution in [3.05, 3.63) is 90.5 Å². The number of aliphatic carboxylic acids is 1. The molecule has 0 unspecified atom stereocenters. The summed E-state index contributed by atoms with van der Waals surface area (Å²) in [6.45, 7) is 0.249. The van der Waals surface area contributed by atoms with Gasteiger partial charge in [0.1, 0.15) is 17.3 Å². The van der Waals surface area contributed by atoms with E-state index >= 15 is 0 Å². The highest BCUT2D eigenvalue weighted by Gasteiger charge is 2.38. The van der Waals surface area contributed by atoms with Crippen molar-refractivity contribution in [2.75, 3.05) is 0 Å². The van der Waals surface area contributed by atoms with Gasteiger partial charge in [0.15, 0.2) is 5.82 Å². The van der Waals surface area contributed by atoms with Crippen molar-refractivity contribution < 1.29 is 32.6 Å². The van der Waals surface area contributed by atoms with Gasteiger partial charge in [-0.2, -0.15) is 18.3 Å². The molecule has 0 atom stereocenters. The minimum atomic E-state index is -5.08. The molecule has 4 rings (SSSR count). The summed E-state index contributed by atoms with van der Waals surface area (Å²) in [6, 6.07) is 20.1. The van der Waals surface area contributed by atoms with E-state index in [1.54, 1.807) is 36.7 Å². The van der Waals surface area contributed by atoms with Gasteiger partial charge in [0, 0.05) is 23.5 Å². The molecule has 3 N–H and O–H groups in total.